The molecule has 1 aliphatic heterocycles. The van der Waals surface area contributed by atoms with Crippen LogP contribution in [0, 0.1) is 46.3 Å². The Morgan fingerprint density at radius 3 is 2.51 bits per heavy atom. The highest BCUT2D eigenvalue weighted by Gasteiger charge is 2.77. The van der Waals surface area contributed by atoms with Gasteiger partial charge in [0.05, 0.1) is 24.3 Å². The topological polar surface area (TPSA) is 123 Å². The van der Waals surface area contributed by atoms with Gasteiger partial charge in [0, 0.05) is 31.1 Å². The molecule has 3 aliphatic rings. The van der Waals surface area contributed by atoms with E-state index in [1.165, 1.54) is 7.11 Å². The largest absolute Gasteiger partial charge is 0.481 e. The SMILES string of the molecule is COc1nc(C#N)cc2c1[C@]1(O)[C@@H](CN(C)C)[C@H](CO)[C@@H](C3C=CC=CC3)[C@]1(c1ccc(C#N)cc1)O2. The summed E-state index contributed by atoms with van der Waals surface area (Å²) in [7, 11) is 5.33. The maximum absolute atomic E-state index is 13.1. The number of nitrogens with zero attached hydrogens (tertiary/aromatic N) is 4. The van der Waals surface area contributed by atoms with Crippen LogP contribution in [0.25, 0.3) is 0 Å². The summed E-state index contributed by atoms with van der Waals surface area (Å²) in [6.45, 7) is 0.316. The first kappa shape index (κ1) is 25.0. The average molecular weight is 499 g/mol. The minimum absolute atomic E-state index is 0.0415. The summed E-state index contributed by atoms with van der Waals surface area (Å²) in [5.41, 5.74) is -1.29. The highest BCUT2D eigenvalue weighted by atomic mass is 16.5. The van der Waals surface area contributed by atoms with Crippen molar-refractivity contribution in [2.45, 2.75) is 17.6 Å². The van der Waals surface area contributed by atoms with Crippen LogP contribution in [0.5, 0.6) is 11.6 Å². The summed E-state index contributed by atoms with van der Waals surface area (Å²) in [5, 5.41) is 43.1. The van der Waals surface area contributed by atoms with Gasteiger partial charge >= 0.3 is 0 Å². The van der Waals surface area contributed by atoms with E-state index < -0.39 is 17.1 Å². The van der Waals surface area contributed by atoms with E-state index in [0.717, 1.165) is 6.42 Å². The van der Waals surface area contributed by atoms with Gasteiger partial charge in [-0.05, 0) is 50.0 Å². The highest BCUT2D eigenvalue weighted by molar-refractivity contribution is 5.58. The third kappa shape index (κ3) is 3.48. The Labute approximate surface area is 216 Å². The van der Waals surface area contributed by atoms with E-state index in [2.05, 4.69) is 29.3 Å². The highest BCUT2D eigenvalue weighted by Crippen LogP contribution is 2.71. The fraction of sp³-hybridized carbons (Fsp3) is 0.414. The fourth-order valence-corrected chi connectivity index (χ4v) is 6.87. The van der Waals surface area contributed by atoms with Crippen molar-refractivity contribution in [3.63, 3.8) is 0 Å². The lowest BCUT2D eigenvalue weighted by atomic mass is 9.67. The van der Waals surface area contributed by atoms with E-state index >= 15 is 0 Å². The number of methoxy groups -OCH3 is 1. The van der Waals surface area contributed by atoms with E-state index in [9.17, 15) is 20.7 Å². The molecule has 8 nitrogen and oxygen atoms in total. The normalized spacial score (nSPS) is 31.4. The Balaban J connectivity index is 1.86. The van der Waals surface area contributed by atoms with Crippen molar-refractivity contribution in [3.8, 4) is 23.8 Å². The molecule has 6 atom stereocenters. The van der Waals surface area contributed by atoms with Crippen LogP contribution in [0.1, 0.15) is 28.8 Å². The number of hydrogen-bond donors (Lipinski definition) is 2. The van der Waals surface area contributed by atoms with Crippen molar-refractivity contribution in [3.05, 3.63) is 77.0 Å². The number of aliphatic hydroxyl groups excluding tert-OH is 1. The number of fused-ring (bicyclic) bond motifs is 3. The third-order valence-corrected chi connectivity index (χ3v) is 8.15. The van der Waals surface area contributed by atoms with Crippen molar-refractivity contribution in [1.29, 1.82) is 10.5 Å². The molecule has 1 aromatic carbocycles. The molecule has 2 aliphatic carbocycles. The molecule has 8 heteroatoms. The van der Waals surface area contributed by atoms with Gasteiger partial charge < -0.3 is 24.6 Å². The lowest BCUT2D eigenvalue weighted by molar-refractivity contribution is -0.145. The van der Waals surface area contributed by atoms with E-state index in [4.69, 9.17) is 9.47 Å². The molecular formula is C29H30N4O4. The maximum Gasteiger partial charge on any atom is 0.224 e. The molecule has 0 amide bonds. The second kappa shape index (κ2) is 9.32. The summed E-state index contributed by atoms with van der Waals surface area (Å²) in [5.74, 6) is -0.706. The van der Waals surface area contributed by atoms with Crippen LogP contribution in [0.4, 0.5) is 0 Å². The summed E-state index contributed by atoms with van der Waals surface area (Å²) in [4.78, 5) is 6.37. The number of ether oxygens (including phenoxy) is 2. The number of nitriles is 2. The summed E-state index contributed by atoms with van der Waals surface area (Å²) < 4.78 is 12.5. The molecular weight excluding hydrogens is 468 g/mol. The summed E-state index contributed by atoms with van der Waals surface area (Å²) in [6, 6.07) is 12.8. The van der Waals surface area contributed by atoms with Crippen LogP contribution >= 0.6 is 0 Å². The lowest BCUT2D eigenvalue weighted by Gasteiger charge is -2.43. The molecule has 2 heterocycles. The first-order valence-electron chi connectivity index (χ1n) is 12.4. The third-order valence-electron chi connectivity index (χ3n) is 8.15. The first-order valence-corrected chi connectivity index (χ1v) is 12.4. The molecule has 37 heavy (non-hydrogen) atoms. The molecule has 1 saturated carbocycles. The van der Waals surface area contributed by atoms with Crippen LogP contribution < -0.4 is 9.47 Å². The maximum atomic E-state index is 13.1. The standard InChI is InChI=1S/C29H30N4O4/c1-33(2)16-23-22(17-34)25(19-7-5-4-6-8-19)29(20-11-9-18(14-30)10-12-20)28(23,35)26-24(37-29)13-21(15-31)32-27(26)36-3/h4-7,9-13,19,22-23,25,34-35H,8,16-17H2,1-3H3/t19?,22-,23-,25+,28+,29-/m0/s1. The van der Waals surface area contributed by atoms with E-state index in [-0.39, 0.29) is 35.9 Å². The van der Waals surface area contributed by atoms with Crippen LogP contribution in [0.2, 0.25) is 0 Å². The summed E-state index contributed by atoms with van der Waals surface area (Å²) >= 11 is 0. The molecule has 0 radical (unpaired) electrons. The lowest BCUT2D eigenvalue weighted by Crippen LogP contribution is -2.53. The predicted octanol–water partition coefficient (Wildman–Crippen LogP) is 2.86. The second-order valence-electron chi connectivity index (χ2n) is 10.2. The van der Waals surface area contributed by atoms with Crippen molar-refractivity contribution >= 4 is 0 Å². The Kier molecular flexibility index (Phi) is 6.29. The number of allylic oxidation sites excluding steroid dienone is 4. The minimum Gasteiger partial charge on any atom is -0.481 e. The van der Waals surface area contributed by atoms with Gasteiger partial charge in [-0.15, -0.1) is 0 Å². The molecule has 2 N–H and O–H groups in total. The molecule has 0 bridgehead atoms. The molecule has 1 fully saturated rings. The van der Waals surface area contributed by atoms with Crippen molar-refractivity contribution in [2.75, 3.05) is 34.4 Å². The minimum atomic E-state index is -1.65. The fourth-order valence-electron chi connectivity index (χ4n) is 6.87. The molecule has 2 aromatic rings. The van der Waals surface area contributed by atoms with E-state index in [1.807, 2.05) is 43.3 Å². The second-order valence-corrected chi connectivity index (χ2v) is 10.2. The zero-order chi connectivity index (χ0) is 26.4. The van der Waals surface area contributed by atoms with Gasteiger partial charge in [0.25, 0.3) is 0 Å². The van der Waals surface area contributed by atoms with Gasteiger partial charge in [-0.3, -0.25) is 0 Å². The van der Waals surface area contributed by atoms with Crippen LogP contribution in [0.15, 0.2) is 54.6 Å². The van der Waals surface area contributed by atoms with Crippen LogP contribution in [-0.2, 0) is 11.2 Å². The van der Waals surface area contributed by atoms with Crippen molar-refractivity contribution < 1.29 is 19.7 Å². The van der Waals surface area contributed by atoms with Crippen LogP contribution in [-0.4, -0.2) is 54.5 Å². The number of aromatic nitrogens is 1. The Morgan fingerprint density at radius 2 is 1.95 bits per heavy atom. The van der Waals surface area contributed by atoms with Gasteiger partial charge in [-0.1, -0.05) is 36.4 Å². The number of pyridine rings is 1. The van der Waals surface area contributed by atoms with E-state index in [1.54, 1.807) is 18.2 Å². The number of rotatable bonds is 6. The number of benzene rings is 1. The van der Waals surface area contributed by atoms with E-state index in [0.29, 0.717) is 29.0 Å². The Bertz CT molecular complexity index is 1340. The van der Waals surface area contributed by atoms with Gasteiger partial charge in [-0.2, -0.15) is 10.5 Å². The van der Waals surface area contributed by atoms with Crippen molar-refractivity contribution in [2.24, 2.45) is 23.7 Å². The molecule has 1 unspecified atom stereocenters. The number of hydrogen-bond acceptors (Lipinski definition) is 8. The Morgan fingerprint density at radius 1 is 1.19 bits per heavy atom. The van der Waals surface area contributed by atoms with Crippen LogP contribution in [0.3, 0.4) is 0 Å². The zero-order valence-electron chi connectivity index (χ0n) is 21.1. The average Bonchev–Trinajstić information content (AvgIpc) is 3.30. The van der Waals surface area contributed by atoms with Crippen molar-refractivity contribution in [1.82, 2.24) is 9.88 Å². The zero-order valence-corrected chi connectivity index (χ0v) is 21.1. The molecule has 1 aromatic heterocycles. The van der Waals surface area contributed by atoms with Gasteiger partial charge in [0.2, 0.25) is 5.88 Å². The number of aliphatic hydroxyl groups is 2. The van der Waals surface area contributed by atoms with Gasteiger partial charge in [-0.25, -0.2) is 4.98 Å². The monoisotopic (exact) mass is 498 g/mol. The quantitative estimate of drug-likeness (QED) is 0.623. The first-order chi connectivity index (χ1) is 17.8. The molecule has 5 rings (SSSR count). The molecule has 0 saturated heterocycles. The predicted molar refractivity (Wildman–Crippen MR) is 135 cm³/mol. The Hall–Kier alpha value is -3.69. The van der Waals surface area contributed by atoms with Gasteiger partial charge in [0.15, 0.2) is 5.60 Å². The molecule has 190 valence electrons. The summed E-state index contributed by atoms with van der Waals surface area (Å²) in [6.07, 6.45) is 8.90. The molecule has 0 spiro atoms. The van der Waals surface area contributed by atoms with Gasteiger partial charge in [0.1, 0.15) is 23.1 Å². The smallest absolute Gasteiger partial charge is 0.224 e.